The molecule has 1 aliphatic heterocycles. The Balaban J connectivity index is 2.03. The highest BCUT2D eigenvalue weighted by Gasteiger charge is 2.20. The first-order chi connectivity index (χ1) is 7.05. The Bertz CT molecular complexity index is 320. The van der Waals surface area contributed by atoms with E-state index in [2.05, 4.69) is 0 Å². The minimum atomic E-state index is -0.794. The highest BCUT2D eigenvalue weighted by Crippen LogP contribution is 2.23. The van der Waals surface area contributed by atoms with Crippen molar-refractivity contribution in [3.63, 3.8) is 0 Å². The third-order valence-electron chi connectivity index (χ3n) is 2.47. The second kappa shape index (κ2) is 3.83. The van der Waals surface area contributed by atoms with Gasteiger partial charge in [0.1, 0.15) is 11.9 Å². The highest BCUT2D eigenvalue weighted by atomic mass is 16.6. The van der Waals surface area contributed by atoms with Crippen molar-refractivity contribution >= 4 is 0 Å². The molecule has 82 valence electrons. The van der Waals surface area contributed by atoms with Crippen molar-refractivity contribution in [2.24, 2.45) is 0 Å². The zero-order valence-electron chi connectivity index (χ0n) is 9.06. The van der Waals surface area contributed by atoms with E-state index in [0.717, 1.165) is 11.3 Å². The van der Waals surface area contributed by atoms with E-state index in [9.17, 15) is 5.11 Å². The minimum absolute atomic E-state index is 0.193. The van der Waals surface area contributed by atoms with Gasteiger partial charge in [-0.1, -0.05) is 12.1 Å². The summed E-state index contributed by atoms with van der Waals surface area (Å²) >= 11 is 0. The van der Waals surface area contributed by atoms with Crippen LogP contribution in [0, 0.1) is 0 Å². The van der Waals surface area contributed by atoms with Crippen molar-refractivity contribution < 1.29 is 14.6 Å². The summed E-state index contributed by atoms with van der Waals surface area (Å²) in [5.41, 5.74) is 0.0951. The lowest BCUT2D eigenvalue weighted by molar-refractivity contribution is -0.0797. The molecule has 1 aromatic rings. The molecule has 0 spiro atoms. The van der Waals surface area contributed by atoms with Gasteiger partial charge < -0.3 is 14.6 Å². The molecule has 1 fully saturated rings. The van der Waals surface area contributed by atoms with Crippen LogP contribution in [0.25, 0.3) is 0 Å². The molecule has 0 unspecified atom stereocenters. The normalized spacial score (nSPS) is 17.3. The maximum atomic E-state index is 9.76. The standard InChI is InChI=1S/C12H16O3/c1-12(2,13)9-3-5-10(6-4-9)15-11-7-14-8-11/h3-6,11,13H,7-8H2,1-2H3. The summed E-state index contributed by atoms with van der Waals surface area (Å²) in [5, 5.41) is 9.76. The fourth-order valence-electron chi connectivity index (χ4n) is 1.42. The summed E-state index contributed by atoms with van der Waals surface area (Å²) < 4.78 is 10.6. The Morgan fingerprint density at radius 2 is 1.87 bits per heavy atom. The van der Waals surface area contributed by atoms with Gasteiger partial charge in [0.05, 0.1) is 18.8 Å². The molecular weight excluding hydrogens is 192 g/mol. The summed E-state index contributed by atoms with van der Waals surface area (Å²) in [6.45, 7) is 4.88. The number of benzene rings is 1. The van der Waals surface area contributed by atoms with Crippen LogP contribution in [0.1, 0.15) is 19.4 Å². The van der Waals surface area contributed by atoms with E-state index >= 15 is 0 Å². The molecular formula is C12H16O3. The Morgan fingerprint density at radius 3 is 2.27 bits per heavy atom. The topological polar surface area (TPSA) is 38.7 Å². The van der Waals surface area contributed by atoms with E-state index < -0.39 is 5.60 Å². The van der Waals surface area contributed by atoms with Crippen LogP contribution in [0.3, 0.4) is 0 Å². The minimum Gasteiger partial charge on any atom is -0.486 e. The highest BCUT2D eigenvalue weighted by molar-refractivity contribution is 5.30. The number of aliphatic hydroxyl groups is 1. The molecule has 3 nitrogen and oxygen atoms in total. The van der Waals surface area contributed by atoms with E-state index in [0.29, 0.717) is 13.2 Å². The summed E-state index contributed by atoms with van der Waals surface area (Å²) in [6.07, 6.45) is 0.193. The lowest BCUT2D eigenvalue weighted by atomic mass is 9.99. The molecule has 3 heteroatoms. The Labute approximate surface area is 89.6 Å². The van der Waals surface area contributed by atoms with Gasteiger partial charge in [-0.05, 0) is 31.5 Å². The molecule has 2 rings (SSSR count). The number of rotatable bonds is 3. The monoisotopic (exact) mass is 208 g/mol. The van der Waals surface area contributed by atoms with Gasteiger partial charge in [-0.25, -0.2) is 0 Å². The molecule has 0 saturated carbocycles. The molecule has 1 aromatic carbocycles. The predicted octanol–water partition coefficient (Wildman–Crippen LogP) is 1.69. The van der Waals surface area contributed by atoms with Crippen molar-refractivity contribution in [3.8, 4) is 5.75 Å². The summed E-state index contributed by atoms with van der Waals surface area (Å²) in [7, 11) is 0. The van der Waals surface area contributed by atoms with Gasteiger partial charge in [0, 0.05) is 0 Å². The molecule has 1 saturated heterocycles. The summed E-state index contributed by atoms with van der Waals surface area (Å²) in [4.78, 5) is 0. The Morgan fingerprint density at radius 1 is 1.27 bits per heavy atom. The fraction of sp³-hybridized carbons (Fsp3) is 0.500. The van der Waals surface area contributed by atoms with Crippen molar-refractivity contribution in [2.45, 2.75) is 25.6 Å². The Kier molecular flexibility index (Phi) is 2.67. The van der Waals surface area contributed by atoms with Crippen LogP contribution in [-0.2, 0) is 10.3 Å². The molecule has 15 heavy (non-hydrogen) atoms. The van der Waals surface area contributed by atoms with Crippen LogP contribution < -0.4 is 4.74 Å². The van der Waals surface area contributed by atoms with Gasteiger partial charge in [-0.2, -0.15) is 0 Å². The van der Waals surface area contributed by atoms with Crippen molar-refractivity contribution in [1.29, 1.82) is 0 Å². The molecule has 1 N–H and O–H groups in total. The smallest absolute Gasteiger partial charge is 0.145 e. The lowest BCUT2D eigenvalue weighted by Crippen LogP contribution is -2.38. The zero-order valence-corrected chi connectivity index (χ0v) is 9.06. The lowest BCUT2D eigenvalue weighted by Gasteiger charge is -2.27. The average molecular weight is 208 g/mol. The van der Waals surface area contributed by atoms with Gasteiger partial charge in [-0.15, -0.1) is 0 Å². The fourth-order valence-corrected chi connectivity index (χ4v) is 1.42. The third-order valence-corrected chi connectivity index (χ3v) is 2.47. The van der Waals surface area contributed by atoms with Gasteiger partial charge in [-0.3, -0.25) is 0 Å². The van der Waals surface area contributed by atoms with Crippen molar-refractivity contribution in [3.05, 3.63) is 29.8 Å². The molecule has 0 radical (unpaired) electrons. The van der Waals surface area contributed by atoms with Crippen LogP contribution in [0.15, 0.2) is 24.3 Å². The van der Waals surface area contributed by atoms with Crippen LogP contribution in [0.5, 0.6) is 5.75 Å². The molecule has 0 bridgehead atoms. The Hall–Kier alpha value is -1.06. The van der Waals surface area contributed by atoms with E-state index in [1.165, 1.54) is 0 Å². The molecule has 1 aliphatic rings. The van der Waals surface area contributed by atoms with Crippen LogP contribution >= 0.6 is 0 Å². The average Bonchev–Trinajstić information content (AvgIpc) is 2.11. The molecule has 1 heterocycles. The number of hydrogen-bond acceptors (Lipinski definition) is 3. The zero-order chi connectivity index (χ0) is 10.9. The molecule has 0 amide bonds. The van der Waals surface area contributed by atoms with Crippen molar-refractivity contribution in [2.75, 3.05) is 13.2 Å². The molecule has 0 aliphatic carbocycles. The third kappa shape index (κ3) is 2.49. The first-order valence-electron chi connectivity index (χ1n) is 5.13. The maximum absolute atomic E-state index is 9.76. The van der Waals surface area contributed by atoms with Gasteiger partial charge in [0.15, 0.2) is 0 Å². The van der Waals surface area contributed by atoms with Crippen molar-refractivity contribution in [1.82, 2.24) is 0 Å². The van der Waals surface area contributed by atoms with Crippen LogP contribution in [0.2, 0.25) is 0 Å². The second-order valence-electron chi connectivity index (χ2n) is 4.36. The van der Waals surface area contributed by atoms with E-state index in [1.54, 1.807) is 13.8 Å². The van der Waals surface area contributed by atoms with Gasteiger partial charge in [0.2, 0.25) is 0 Å². The largest absolute Gasteiger partial charge is 0.486 e. The molecule has 0 aromatic heterocycles. The molecule has 0 atom stereocenters. The van der Waals surface area contributed by atoms with E-state index in [1.807, 2.05) is 24.3 Å². The number of hydrogen-bond donors (Lipinski definition) is 1. The predicted molar refractivity (Wildman–Crippen MR) is 56.9 cm³/mol. The summed E-state index contributed by atoms with van der Waals surface area (Å²) in [5.74, 6) is 0.830. The SMILES string of the molecule is CC(C)(O)c1ccc(OC2COC2)cc1. The van der Waals surface area contributed by atoms with E-state index in [-0.39, 0.29) is 6.10 Å². The van der Waals surface area contributed by atoms with Gasteiger partial charge >= 0.3 is 0 Å². The second-order valence-corrected chi connectivity index (χ2v) is 4.36. The van der Waals surface area contributed by atoms with E-state index in [4.69, 9.17) is 9.47 Å². The summed E-state index contributed by atoms with van der Waals surface area (Å²) in [6, 6.07) is 7.53. The van der Waals surface area contributed by atoms with Gasteiger partial charge in [0.25, 0.3) is 0 Å². The quantitative estimate of drug-likeness (QED) is 0.821. The first kappa shape index (κ1) is 10.5. The number of ether oxygens (including phenoxy) is 2. The van der Waals surface area contributed by atoms with Crippen LogP contribution in [-0.4, -0.2) is 24.4 Å². The van der Waals surface area contributed by atoms with Crippen LogP contribution in [0.4, 0.5) is 0 Å². The maximum Gasteiger partial charge on any atom is 0.145 e. The first-order valence-corrected chi connectivity index (χ1v) is 5.13.